The zero-order chi connectivity index (χ0) is 56.9. The zero-order valence-electron chi connectivity index (χ0n) is 44.8. The maximum Gasteiger partial charge on any atom is 0.289 e. The van der Waals surface area contributed by atoms with Gasteiger partial charge in [-0.2, -0.15) is 0 Å². The molecule has 0 aliphatic rings. The highest BCUT2D eigenvalue weighted by Crippen LogP contribution is 2.44. The molecule has 0 spiro atoms. The summed E-state index contributed by atoms with van der Waals surface area (Å²) in [4.78, 5) is 79.8. The van der Waals surface area contributed by atoms with Gasteiger partial charge in [-0.3, -0.25) is 65.5 Å². The van der Waals surface area contributed by atoms with Gasteiger partial charge in [0.2, 0.25) is 5.91 Å². The number of hydrogen-bond acceptors (Lipinski definition) is 14. The van der Waals surface area contributed by atoms with Crippen LogP contribution >= 0.6 is 0 Å². The van der Waals surface area contributed by atoms with E-state index < -0.39 is 106 Å². The van der Waals surface area contributed by atoms with Crippen LogP contribution in [0.25, 0.3) is 22.9 Å². The summed E-state index contributed by atoms with van der Waals surface area (Å²) in [6.45, 7) is 13.9. The van der Waals surface area contributed by atoms with Gasteiger partial charge in [0.1, 0.15) is 16.7 Å². The third-order valence-corrected chi connectivity index (χ3v) is 14.8. The van der Waals surface area contributed by atoms with Crippen LogP contribution in [0.1, 0.15) is 126 Å². The molecule has 0 saturated heterocycles. The minimum absolute atomic E-state index is 0.252. The maximum absolute atomic E-state index is 12.8. The summed E-state index contributed by atoms with van der Waals surface area (Å²) in [7, 11) is 2.13. The van der Waals surface area contributed by atoms with Gasteiger partial charge in [0, 0.05) is 50.8 Å². The minimum Gasteiger partial charge on any atom is -0.375 e. The molecule has 78 heavy (non-hydrogen) atoms. The highest BCUT2D eigenvalue weighted by atomic mass is 16.6. The van der Waals surface area contributed by atoms with Gasteiger partial charge in [-0.15, -0.1) is 0 Å². The number of nitro benzene ring substituents is 6. The number of benzene rings is 4. The maximum atomic E-state index is 12.8. The van der Waals surface area contributed by atoms with Crippen molar-refractivity contribution in [3.05, 3.63) is 168 Å². The number of aryl methyl sites for hydroxylation is 1. The minimum atomic E-state index is -1.25. The van der Waals surface area contributed by atoms with Crippen LogP contribution in [0.15, 0.2) is 79.1 Å². The summed E-state index contributed by atoms with van der Waals surface area (Å²) in [5.74, 6) is -0.624. The summed E-state index contributed by atoms with van der Waals surface area (Å²) in [6, 6.07) is 18.7. The van der Waals surface area contributed by atoms with Crippen LogP contribution in [0.4, 0.5) is 39.8 Å². The predicted octanol–water partition coefficient (Wildman–Crippen LogP) is 11.7. The Morgan fingerprint density at radius 1 is 0.564 bits per heavy atom. The Labute approximate surface area is 452 Å². The van der Waals surface area contributed by atoms with Crippen molar-refractivity contribution in [2.24, 2.45) is 0 Å². The van der Waals surface area contributed by atoms with Crippen molar-refractivity contribution in [3.8, 4) is 0 Å². The van der Waals surface area contributed by atoms with Gasteiger partial charge in [0.15, 0.2) is 18.9 Å². The second-order valence-corrected chi connectivity index (χ2v) is 19.6. The van der Waals surface area contributed by atoms with Crippen molar-refractivity contribution in [1.82, 2.24) is 5.32 Å². The molecule has 416 valence electrons. The van der Waals surface area contributed by atoms with Crippen LogP contribution < -0.4 is 14.8 Å². The quantitative estimate of drug-likeness (QED) is 0.0132. The second-order valence-electron chi connectivity index (χ2n) is 19.6. The third kappa shape index (κ3) is 16.8. The molecule has 0 aliphatic carbocycles. The molecule has 0 radical (unpaired) electrons. The van der Waals surface area contributed by atoms with Crippen molar-refractivity contribution in [2.75, 3.05) is 51.2 Å². The molecule has 1 aromatic heterocycles. The van der Waals surface area contributed by atoms with E-state index >= 15 is 0 Å². The Kier molecular flexibility index (Phi) is 22.7. The Morgan fingerprint density at radius 3 is 1.63 bits per heavy atom. The van der Waals surface area contributed by atoms with Gasteiger partial charge in [0.05, 0.1) is 80.3 Å². The van der Waals surface area contributed by atoms with Gasteiger partial charge in [0.25, 0.3) is 34.1 Å². The first kappa shape index (κ1) is 60.5. The average Bonchev–Trinajstić information content (AvgIpc) is 3.47. The summed E-state index contributed by atoms with van der Waals surface area (Å²) >= 11 is 0. The highest BCUT2D eigenvalue weighted by molar-refractivity contribution is 5.88. The number of nitro groups is 6. The third-order valence-electron chi connectivity index (χ3n) is 14.8. The van der Waals surface area contributed by atoms with Crippen LogP contribution in [0.5, 0.6) is 0 Å². The first-order valence-electron chi connectivity index (χ1n) is 26.6. The fourth-order valence-electron chi connectivity index (χ4n) is 9.93. The lowest BCUT2D eigenvalue weighted by atomic mass is 9.93. The van der Waals surface area contributed by atoms with E-state index in [9.17, 15) is 65.5 Å². The van der Waals surface area contributed by atoms with Gasteiger partial charge in [-0.25, -0.2) is 4.57 Å². The van der Waals surface area contributed by atoms with E-state index in [1.807, 2.05) is 0 Å². The van der Waals surface area contributed by atoms with Gasteiger partial charge >= 0.3 is 0 Å². The number of aromatic nitrogens is 1. The molecule has 0 fully saturated rings. The summed E-state index contributed by atoms with van der Waals surface area (Å²) in [5, 5.41) is 76.9. The molecule has 0 atom stereocenters. The molecular formula is C55H70N10O13+2. The fourth-order valence-corrected chi connectivity index (χ4v) is 9.93. The lowest BCUT2D eigenvalue weighted by Crippen LogP contribution is -2.49. The number of hydrogen-bond donors (Lipinski definition) is 1. The molecule has 1 heterocycles. The van der Waals surface area contributed by atoms with Crippen molar-refractivity contribution < 1.29 is 43.4 Å². The molecule has 4 aromatic carbocycles. The summed E-state index contributed by atoms with van der Waals surface area (Å²) in [6.07, 6.45) is 17.5. The Hall–Kier alpha value is -8.34. The number of amides is 1. The SMILES string of the molecule is CC[N+](CC)(CC)CCC[n+]1ccc(/C=C/c2ccc3cc(N(C)CCCCCCCCCCCCNC(=O)CCc4c([N+](=O)[O-])cc([N+](=O)[O-])c(Cc5c([N+](=O)[O-])cc([N+](=O)[O-])cc5[N+](=O)[O-])c4[N+](=O)[O-])ccc3c2)cc1. The van der Waals surface area contributed by atoms with E-state index in [4.69, 9.17) is 0 Å². The van der Waals surface area contributed by atoms with E-state index in [1.165, 1.54) is 59.1 Å². The zero-order valence-corrected chi connectivity index (χ0v) is 44.8. The Morgan fingerprint density at radius 2 is 1.08 bits per heavy atom. The monoisotopic (exact) mass is 1080 g/mol. The molecule has 0 saturated carbocycles. The van der Waals surface area contributed by atoms with Crippen LogP contribution in [-0.2, 0) is 24.2 Å². The fraction of sp³-hybridized carbons (Fsp3) is 0.455. The van der Waals surface area contributed by atoms with Crippen LogP contribution in [-0.4, -0.2) is 86.2 Å². The number of anilines is 1. The van der Waals surface area contributed by atoms with Crippen molar-refractivity contribution >= 4 is 68.6 Å². The van der Waals surface area contributed by atoms with Crippen LogP contribution in [0, 0.1) is 60.7 Å². The lowest BCUT2D eigenvalue weighted by Gasteiger charge is -2.35. The van der Waals surface area contributed by atoms with E-state index in [2.05, 4.69) is 116 Å². The van der Waals surface area contributed by atoms with E-state index in [0.717, 1.165) is 76.4 Å². The molecule has 5 aromatic rings. The van der Waals surface area contributed by atoms with Crippen molar-refractivity contribution in [2.45, 2.75) is 117 Å². The average molecular weight is 1080 g/mol. The molecule has 1 N–H and O–H groups in total. The highest BCUT2D eigenvalue weighted by Gasteiger charge is 2.40. The van der Waals surface area contributed by atoms with Gasteiger partial charge in [-0.1, -0.05) is 81.7 Å². The van der Waals surface area contributed by atoms with Crippen LogP contribution in [0.2, 0.25) is 0 Å². The molecule has 1 amide bonds. The number of nitrogens with one attached hydrogen (secondary N) is 1. The molecule has 0 bridgehead atoms. The molecule has 0 unspecified atom stereocenters. The number of quaternary nitrogens is 1. The van der Waals surface area contributed by atoms with Crippen molar-refractivity contribution in [1.29, 1.82) is 0 Å². The Bertz CT molecular complexity index is 2960. The number of carbonyl (C=O) groups excluding carboxylic acids is 1. The normalized spacial score (nSPS) is 11.5. The number of nitrogens with zero attached hydrogens (tertiary/aromatic N) is 9. The van der Waals surface area contributed by atoms with Crippen molar-refractivity contribution in [3.63, 3.8) is 0 Å². The van der Waals surface area contributed by atoms with Gasteiger partial charge in [-0.05, 0) is 80.1 Å². The first-order chi connectivity index (χ1) is 37.3. The number of fused-ring (bicyclic) bond motifs is 1. The molecule has 0 aliphatic heterocycles. The first-order valence-corrected chi connectivity index (χ1v) is 26.6. The molecule has 23 heteroatoms. The second kappa shape index (κ2) is 29.3. The van der Waals surface area contributed by atoms with Gasteiger partial charge < -0.3 is 14.7 Å². The molecule has 5 rings (SSSR count). The van der Waals surface area contributed by atoms with Crippen LogP contribution in [0.3, 0.4) is 0 Å². The lowest BCUT2D eigenvalue weighted by molar-refractivity contribution is -0.925. The number of non-ortho nitro benzene ring substituents is 1. The topological polar surface area (TPSA) is 295 Å². The summed E-state index contributed by atoms with van der Waals surface area (Å²) in [5.41, 5.74) is -6.23. The van der Waals surface area contributed by atoms with E-state index in [0.29, 0.717) is 24.6 Å². The number of pyridine rings is 1. The number of unbranched alkanes of at least 4 members (excludes halogenated alkanes) is 9. The Balaban J connectivity index is 0.997. The van der Waals surface area contributed by atoms with E-state index in [1.54, 1.807) is 0 Å². The largest absolute Gasteiger partial charge is 0.375 e. The number of rotatable bonds is 34. The van der Waals surface area contributed by atoms with E-state index in [-0.39, 0.29) is 6.54 Å². The molecular weight excluding hydrogens is 1010 g/mol. The summed E-state index contributed by atoms with van der Waals surface area (Å²) < 4.78 is 3.45. The molecule has 23 nitrogen and oxygen atoms in total. The predicted molar refractivity (Wildman–Crippen MR) is 297 cm³/mol. The smallest absolute Gasteiger partial charge is 0.289 e. The number of carbonyl (C=O) groups is 1. The standard InChI is InChI=1S/C55H69N10O13/c1-5-65(6-2,7-3)34-18-31-58-32-27-41(28-33-58)19-20-42-21-22-44-36-45(24-23-43(44)35-42)57(4)30-17-15-13-11-9-8-10-12-14-16-29-56-54(66)26-25-47-52(62(73)74)40-53(63(75)76)49(55(47)64(77)78)39-48-50(60(69)70)37-46(59(67)68)38-51(48)61(71)72/h19-24,27-28,32-33,35-38,40H,5-18,25-26,29-31,34,39H2,1-4H3/q+1/p+1.